The molecule has 0 radical (unpaired) electrons. The lowest BCUT2D eigenvalue weighted by atomic mass is 10.1. The van der Waals surface area contributed by atoms with Crippen LogP contribution in [0.3, 0.4) is 0 Å². The zero-order chi connectivity index (χ0) is 20.3. The number of aryl methyl sites for hydroxylation is 1. The Hall–Kier alpha value is -2.91. The highest BCUT2D eigenvalue weighted by Gasteiger charge is 2.17. The second kappa shape index (κ2) is 8.41. The first-order valence-electron chi connectivity index (χ1n) is 8.24. The molecule has 2 N–H and O–H groups in total. The minimum Gasteiger partial charge on any atom is -0.493 e. The van der Waals surface area contributed by atoms with Crippen molar-refractivity contribution in [3.63, 3.8) is 0 Å². The molecule has 0 unspecified atom stereocenters. The smallest absolute Gasteiger partial charge is 0.257 e. The number of thiocarbonyl (C=S) groups is 1. The number of amides is 1. The van der Waals surface area contributed by atoms with Gasteiger partial charge in [0.05, 0.1) is 36.6 Å². The number of rotatable bonds is 5. The Balaban J connectivity index is 1.75. The topological polar surface area (TPSA) is 81.7 Å². The molecular formula is C19H19N3O4S2. The average molecular weight is 418 g/mol. The first-order chi connectivity index (χ1) is 13.4. The maximum absolute atomic E-state index is 12.6. The molecule has 7 nitrogen and oxygen atoms in total. The van der Waals surface area contributed by atoms with E-state index in [0.29, 0.717) is 22.8 Å². The summed E-state index contributed by atoms with van der Waals surface area (Å²) in [5.41, 5.74) is 1.95. The zero-order valence-corrected chi connectivity index (χ0v) is 17.4. The zero-order valence-electron chi connectivity index (χ0n) is 15.8. The van der Waals surface area contributed by atoms with Gasteiger partial charge in [-0.05, 0) is 49.5 Å². The summed E-state index contributed by atoms with van der Waals surface area (Å²) in [7, 11) is 4.48. The van der Waals surface area contributed by atoms with Crippen LogP contribution in [0, 0.1) is 6.92 Å². The van der Waals surface area contributed by atoms with Crippen molar-refractivity contribution in [2.45, 2.75) is 6.92 Å². The Bertz CT molecular complexity index is 1020. The summed E-state index contributed by atoms with van der Waals surface area (Å²) in [6, 6.07) is 8.85. The van der Waals surface area contributed by atoms with Gasteiger partial charge in [-0.3, -0.25) is 10.1 Å². The van der Waals surface area contributed by atoms with Crippen molar-refractivity contribution in [1.29, 1.82) is 0 Å². The standard InChI is InChI=1S/C19H19N3O4S2/c1-10-20-13-9-12(5-6-16(13)28-10)21-19(27)22-18(23)11-7-14(24-2)17(26-4)15(8-11)25-3/h5-9H,1-4H3,(H2,21,22,23,27). The molecule has 0 saturated heterocycles. The lowest BCUT2D eigenvalue weighted by molar-refractivity contribution is 0.0977. The lowest BCUT2D eigenvalue weighted by Crippen LogP contribution is -2.34. The molecule has 3 aromatic rings. The first kappa shape index (κ1) is 19.8. The van der Waals surface area contributed by atoms with Gasteiger partial charge in [0.1, 0.15) is 0 Å². The molecule has 0 spiro atoms. The fraction of sp³-hybridized carbons (Fsp3) is 0.211. The number of nitrogens with zero attached hydrogens (tertiary/aromatic N) is 1. The van der Waals surface area contributed by atoms with Gasteiger partial charge < -0.3 is 19.5 Å². The molecule has 0 atom stereocenters. The molecule has 0 saturated carbocycles. The summed E-state index contributed by atoms with van der Waals surface area (Å²) in [6.07, 6.45) is 0. The number of benzene rings is 2. The third-order valence-corrected chi connectivity index (χ3v) is 5.06. The maximum atomic E-state index is 12.6. The second-order valence-electron chi connectivity index (χ2n) is 5.74. The van der Waals surface area contributed by atoms with E-state index in [-0.39, 0.29) is 5.11 Å². The van der Waals surface area contributed by atoms with Crippen molar-refractivity contribution in [1.82, 2.24) is 10.3 Å². The van der Waals surface area contributed by atoms with E-state index in [0.717, 1.165) is 20.9 Å². The van der Waals surface area contributed by atoms with Gasteiger partial charge >= 0.3 is 0 Å². The molecule has 3 rings (SSSR count). The van der Waals surface area contributed by atoms with E-state index in [2.05, 4.69) is 15.6 Å². The van der Waals surface area contributed by atoms with Crippen LogP contribution >= 0.6 is 23.6 Å². The molecule has 1 aromatic heterocycles. The Labute approximate surface area is 171 Å². The summed E-state index contributed by atoms with van der Waals surface area (Å²) in [5.74, 6) is 0.780. The van der Waals surface area contributed by atoms with E-state index in [9.17, 15) is 4.79 Å². The molecule has 28 heavy (non-hydrogen) atoms. The second-order valence-corrected chi connectivity index (χ2v) is 7.38. The van der Waals surface area contributed by atoms with Gasteiger partial charge in [0, 0.05) is 11.3 Å². The van der Waals surface area contributed by atoms with E-state index in [1.54, 1.807) is 23.5 Å². The van der Waals surface area contributed by atoms with E-state index in [4.69, 9.17) is 26.4 Å². The minimum atomic E-state index is -0.401. The third kappa shape index (κ3) is 4.15. The Morgan fingerprint density at radius 3 is 2.36 bits per heavy atom. The van der Waals surface area contributed by atoms with Crippen LogP contribution in [0.1, 0.15) is 15.4 Å². The third-order valence-electron chi connectivity index (χ3n) is 3.91. The van der Waals surface area contributed by atoms with Crippen molar-refractivity contribution < 1.29 is 19.0 Å². The fourth-order valence-corrected chi connectivity index (χ4v) is 3.69. The number of fused-ring (bicyclic) bond motifs is 1. The number of anilines is 1. The molecular weight excluding hydrogens is 398 g/mol. The van der Waals surface area contributed by atoms with E-state index in [1.165, 1.54) is 21.3 Å². The number of methoxy groups -OCH3 is 3. The lowest BCUT2D eigenvalue weighted by Gasteiger charge is -2.14. The first-order valence-corrected chi connectivity index (χ1v) is 9.47. The van der Waals surface area contributed by atoms with Crippen LogP contribution in [0.25, 0.3) is 10.2 Å². The van der Waals surface area contributed by atoms with Crippen molar-refractivity contribution >= 4 is 50.5 Å². The molecule has 0 aliphatic rings. The van der Waals surface area contributed by atoms with E-state index < -0.39 is 5.91 Å². The Morgan fingerprint density at radius 2 is 1.75 bits per heavy atom. The number of ether oxygens (including phenoxy) is 3. The van der Waals surface area contributed by atoms with Gasteiger partial charge in [0.2, 0.25) is 5.75 Å². The molecule has 0 aliphatic carbocycles. The van der Waals surface area contributed by atoms with Crippen LogP contribution in [-0.4, -0.2) is 37.3 Å². The van der Waals surface area contributed by atoms with Crippen LogP contribution in [0.2, 0.25) is 0 Å². The molecule has 0 fully saturated rings. The Kier molecular flexibility index (Phi) is 5.96. The monoisotopic (exact) mass is 417 g/mol. The van der Waals surface area contributed by atoms with E-state index >= 15 is 0 Å². The molecule has 2 aromatic carbocycles. The van der Waals surface area contributed by atoms with E-state index in [1.807, 2.05) is 25.1 Å². The van der Waals surface area contributed by atoms with Crippen LogP contribution < -0.4 is 24.8 Å². The van der Waals surface area contributed by atoms with Crippen molar-refractivity contribution in [2.75, 3.05) is 26.6 Å². The number of hydrogen-bond donors (Lipinski definition) is 2. The summed E-state index contributed by atoms with van der Waals surface area (Å²) in [5, 5.41) is 6.81. The van der Waals surface area contributed by atoms with Crippen LogP contribution in [-0.2, 0) is 0 Å². The minimum absolute atomic E-state index is 0.171. The quantitative estimate of drug-likeness (QED) is 0.612. The highest BCUT2D eigenvalue weighted by molar-refractivity contribution is 7.80. The largest absolute Gasteiger partial charge is 0.493 e. The molecule has 0 bridgehead atoms. The normalized spacial score (nSPS) is 10.4. The number of nitrogens with one attached hydrogen (secondary N) is 2. The molecule has 1 amide bonds. The van der Waals surface area contributed by atoms with Gasteiger partial charge in [-0.25, -0.2) is 4.98 Å². The van der Waals surface area contributed by atoms with Crippen LogP contribution in [0.5, 0.6) is 17.2 Å². The summed E-state index contributed by atoms with van der Waals surface area (Å²) in [4.78, 5) is 17.0. The molecule has 0 aliphatic heterocycles. The predicted octanol–water partition coefficient (Wildman–Crippen LogP) is 3.76. The number of thiazole rings is 1. The van der Waals surface area contributed by atoms with Crippen LogP contribution in [0.4, 0.5) is 5.69 Å². The predicted molar refractivity (Wildman–Crippen MR) is 114 cm³/mol. The summed E-state index contributed by atoms with van der Waals surface area (Å²) >= 11 is 6.89. The van der Waals surface area contributed by atoms with Gasteiger partial charge in [-0.1, -0.05) is 0 Å². The summed E-state index contributed by atoms with van der Waals surface area (Å²) in [6.45, 7) is 1.96. The Morgan fingerprint density at radius 1 is 1.07 bits per heavy atom. The maximum Gasteiger partial charge on any atom is 0.257 e. The van der Waals surface area contributed by atoms with Crippen molar-refractivity contribution in [2.24, 2.45) is 0 Å². The highest BCUT2D eigenvalue weighted by Crippen LogP contribution is 2.38. The number of carbonyl (C=O) groups excluding carboxylic acids is 1. The van der Waals surface area contributed by atoms with Gasteiger partial charge in [-0.15, -0.1) is 11.3 Å². The van der Waals surface area contributed by atoms with Crippen molar-refractivity contribution in [3.05, 3.63) is 40.9 Å². The van der Waals surface area contributed by atoms with Gasteiger partial charge in [-0.2, -0.15) is 0 Å². The van der Waals surface area contributed by atoms with Gasteiger partial charge in [0.25, 0.3) is 5.91 Å². The molecule has 146 valence electrons. The number of carbonyl (C=O) groups is 1. The van der Waals surface area contributed by atoms with Gasteiger partial charge in [0.15, 0.2) is 16.6 Å². The average Bonchev–Trinajstić information content (AvgIpc) is 3.05. The fourth-order valence-electron chi connectivity index (χ4n) is 2.67. The highest BCUT2D eigenvalue weighted by atomic mass is 32.1. The van der Waals surface area contributed by atoms with Crippen LogP contribution in [0.15, 0.2) is 30.3 Å². The number of aromatic nitrogens is 1. The summed E-state index contributed by atoms with van der Waals surface area (Å²) < 4.78 is 16.9. The number of hydrogen-bond acceptors (Lipinski definition) is 7. The molecule has 1 heterocycles. The van der Waals surface area contributed by atoms with Crippen molar-refractivity contribution in [3.8, 4) is 17.2 Å². The SMILES string of the molecule is COc1cc(C(=O)NC(=S)Nc2ccc3sc(C)nc3c2)cc(OC)c1OC. The molecule has 9 heteroatoms.